The van der Waals surface area contributed by atoms with Crippen molar-refractivity contribution in [2.75, 3.05) is 19.8 Å². The molecule has 1 aliphatic carbocycles. The number of aryl methyl sites for hydroxylation is 4. The normalized spacial score (nSPS) is 15.4. The largest absolute Gasteiger partial charge is 0.493 e. The second kappa shape index (κ2) is 11.4. The van der Waals surface area contributed by atoms with Crippen molar-refractivity contribution in [3.63, 3.8) is 0 Å². The van der Waals surface area contributed by atoms with Gasteiger partial charge in [-0.15, -0.1) is 0 Å². The van der Waals surface area contributed by atoms with Gasteiger partial charge in [0.1, 0.15) is 5.75 Å². The Morgan fingerprint density at radius 3 is 2.48 bits per heavy atom. The molecule has 0 saturated carbocycles. The van der Waals surface area contributed by atoms with Crippen LogP contribution in [0, 0.1) is 0 Å². The maximum absolute atomic E-state index is 13.6. The first-order valence-electron chi connectivity index (χ1n) is 11.0. The van der Waals surface area contributed by atoms with Crippen molar-refractivity contribution in [3.05, 3.63) is 64.2 Å². The minimum atomic E-state index is -4.56. The average Bonchev–Trinajstić information content (AvgIpc) is 3.27. The summed E-state index contributed by atoms with van der Waals surface area (Å²) in [6.45, 7) is -0.437. The molecule has 0 radical (unpaired) electrons. The number of nitrogens with two attached hydrogens (primary N) is 1. The molecular weight excluding hydrogens is 454 g/mol. The monoisotopic (exact) mass is 483 g/mol. The number of rotatable bonds is 12. The van der Waals surface area contributed by atoms with Crippen LogP contribution in [0.1, 0.15) is 47.1 Å². The van der Waals surface area contributed by atoms with Crippen LogP contribution >= 0.6 is 8.69 Å². The summed E-state index contributed by atoms with van der Waals surface area (Å²) in [5, 5.41) is 9.46. The van der Waals surface area contributed by atoms with Gasteiger partial charge < -0.3 is 15.6 Å². The maximum atomic E-state index is 13.6. The lowest BCUT2D eigenvalue weighted by atomic mass is 9.93. The molecule has 0 heterocycles. The van der Waals surface area contributed by atoms with Gasteiger partial charge in [0.05, 0.1) is 30.9 Å². The molecule has 0 saturated heterocycles. The summed E-state index contributed by atoms with van der Waals surface area (Å²) in [6.07, 6.45) is 0.546. The molecule has 5 nitrogen and oxygen atoms in total. The fourth-order valence-electron chi connectivity index (χ4n) is 4.06. The van der Waals surface area contributed by atoms with Gasteiger partial charge in [-0.3, -0.25) is 4.52 Å². The zero-order valence-corrected chi connectivity index (χ0v) is 19.3. The zero-order valence-electron chi connectivity index (χ0n) is 18.4. The van der Waals surface area contributed by atoms with E-state index in [4.69, 9.17) is 15.0 Å². The second-order valence-corrected chi connectivity index (χ2v) is 9.01. The second-order valence-electron chi connectivity index (χ2n) is 8.61. The van der Waals surface area contributed by atoms with Crippen LogP contribution in [-0.2, 0) is 40.9 Å². The summed E-state index contributed by atoms with van der Waals surface area (Å²) in [5.41, 5.74) is 8.32. The lowest BCUT2D eigenvalue weighted by Crippen LogP contribution is -2.47. The molecule has 2 aromatic rings. The third kappa shape index (κ3) is 7.24. The molecule has 9 heteroatoms. The average molecular weight is 483 g/mol. The van der Waals surface area contributed by atoms with Crippen molar-refractivity contribution in [1.29, 1.82) is 0 Å². The molecule has 2 aromatic carbocycles. The van der Waals surface area contributed by atoms with Crippen LogP contribution < -0.4 is 10.5 Å². The lowest BCUT2D eigenvalue weighted by molar-refractivity contribution is -0.139. The summed E-state index contributed by atoms with van der Waals surface area (Å²) in [4.78, 5) is 0. The fourth-order valence-corrected chi connectivity index (χ4v) is 4.37. The zero-order chi connectivity index (χ0) is 23.9. The Morgan fingerprint density at radius 1 is 1.03 bits per heavy atom. The minimum absolute atomic E-state index is 0.164. The van der Waals surface area contributed by atoms with E-state index in [9.17, 15) is 22.8 Å². The smallest absolute Gasteiger partial charge is 0.419 e. The van der Waals surface area contributed by atoms with E-state index in [0.29, 0.717) is 12.0 Å². The number of aliphatic hydroxyl groups excluding tert-OH is 1. The van der Waals surface area contributed by atoms with E-state index < -0.39 is 32.6 Å². The molecule has 0 bridgehead atoms. The minimum Gasteiger partial charge on any atom is -0.493 e. The van der Waals surface area contributed by atoms with Crippen molar-refractivity contribution < 1.29 is 32.1 Å². The molecule has 0 fully saturated rings. The van der Waals surface area contributed by atoms with Crippen molar-refractivity contribution in [3.8, 4) is 5.75 Å². The van der Waals surface area contributed by atoms with Gasteiger partial charge in [0.25, 0.3) is 0 Å². The number of hydrogen-bond donors (Lipinski definition) is 2. The lowest BCUT2D eigenvalue weighted by Gasteiger charge is -2.25. The van der Waals surface area contributed by atoms with Gasteiger partial charge in [0.2, 0.25) is 0 Å². The third-order valence-electron chi connectivity index (χ3n) is 6.01. The third-order valence-corrected chi connectivity index (χ3v) is 6.25. The van der Waals surface area contributed by atoms with E-state index in [1.54, 1.807) is 6.07 Å². The predicted octanol–water partition coefficient (Wildman–Crippen LogP) is 5.05. The van der Waals surface area contributed by atoms with Crippen molar-refractivity contribution in [1.82, 2.24) is 0 Å². The summed E-state index contributed by atoms with van der Waals surface area (Å²) in [7, 11) is -0.571. The van der Waals surface area contributed by atoms with Crippen molar-refractivity contribution in [2.45, 2.75) is 56.7 Å². The number of aliphatic hydroxyl groups is 1. The summed E-state index contributed by atoms with van der Waals surface area (Å²) in [6, 6.07) is 10.4. The molecule has 33 heavy (non-hydrogen) atoms. The highest BCUT2D eigenvalue weighted by Gasteiger charge is 2.35. The number of benzene rings is 2. The standard InChI is InChI=1S/C24H29F3NO4P/c25-24(26,27)21-14-18(10-11-23(28,15-29)16-32-33-30)7-9-22(21)31-12-2-3-17-6-8-19-4-1-5-20(19)13-17/h6-9,13-14,29H,1-5,10-12,15-16,28H2. The quantitative estimate of drug-likeness (QED) is 0.326. The van der Waals surface area contributed by atoms with Crippen LogP contribution in [0.15, 0.2) is 36.4 Å². The van der Waals surface area contributed by atoms with E-state index in [0.717, 1.165) is 25.3 Å². The van der Waals surface area contributed by atoms with E-state index >= 15 is 0 Å². The Balaban J connectivity index is 1.59. The van der Waals surface area contributed by atoms with Gasteiger partial charge in [-0.05, 0) is 79.3 Å². The predicted molar refractivity (Wildman–Crippen MR) is 120 cm³/mol. The summed E-state index contributed by atoms with van der Waals surface area (Å²) >= 11 is 0. The van der Waals surface area contributed by atoms with Crippen LogP contribution in [0.3, 0.4) is 0 Å². The van der Waals surface area contributed by atoms with E-state index in [1.165, 1.54) is 29.2 Å². The Hall–Kier alpha value is -1.99. The first-order valence-corrected chi connectivity index (χ1v) is 11.7. The molecule has 1 unspecified atom stereocenters. The molecule has 0 spiro atoms. The van der Waals surface area contributed by atoms with E-state index in [-0.39, 0.29) is 31.8 Å². The number of fused-ring (bicyclic) bond motifs is 1. The molecule has 3 rings (SSSR count). The van der Waals surface area contributed by atoms with Crippen LogP contribution in [0.4, 0.5) is 13.2 Å². The van der Waals surface area contributed by atoms with Crippen LogP contribution in [-0.4, -0.2) is 30.5 Å². The molecule has 3 N–H and O–H groups in total. The maximum Gasteiger partial charge on any atom is 0.419 e. The van der Waals surface area contributed by atoms with Crippen LogP contribution in [0.2, 0.25) is 0 Å². The number of ether oxygens (including phenoxy) is 1. The Bertz CT molecular complexity index is 954. The topological polar surface area (TPSA) is 81.8 Å². The Labute approximate surface area is 193 Å². The number of hydrogen-bond acceptors (Lipinski definition) is 5. The van der Waals surface area contributed by atoms with E-state index in [2.05, 4.69) is 18.2 Å². The Kier molecular flexibility index (Phi) is 8.88. The van der Waals surface area contributed by atoms with Gasteiger partial charge in [-0.2, -0.15) is 13.2 Å². The summed E-state index contributed by atoms with van der Waals surface area (Å²) in [5.74, 6) is -0.199. The highest BCUT2D eigenvalue weighted by molar-refractivity contribution is 7.17. The Morgan fingerprint density at radius 2 is 1.76 bits per heavy atom. The SMILES string of the molecule is NC(CO)(CCc1ccc(OCCCc2ccc3c(c2)CCC3)c(C(F)(F)F)c1)COP=O. The van der Waals surface area contributed by atoms with Crippen molar-refractivity contribution >= 4 is 8.69 Å². The van der Waals surface area contributed by atoms with Gasteiger partial charge in [0.15, 0.2) is 0 Å². The fraction of sp³-hybridized carbons (Fsp3) is 0.500. The highest BCUT2D eigenvalue weighted by atomic mass is 31.1. The number of alkyl halides is 3. The van der Waals surface area contributed by atoms with Crippen LogP contribution in [0.5, 0.6) is 5.75 Å². The molecule has 0 amide bonds. The van der Waals surface area contributed by atoms with Gasteiger partial charge in [-0.1, -0.05) is 24.3 Å². The molecule has 180 valence electrons. The molecule has 0 aromatic heterocycles. The first kappa shape index (κ1) is 25.6. The van der Waals surface area contributed by atoms with Crippen molar-refractivity contribution in [2.24, 2.45) is 5.73 Å². The van der Waals surface area contributed by atoms with E-state index in [1.807, 2.05) is 0 Å². The molecule has 0 aliphatic heterocycles. The highest BCUT2D eigenvalue weighted by Crippen LogP contribution is 2.37. The van der Waals surface area contributed by atoms with Gasteiger partial charge in [-0.25, -0.2) is 4.57 Å². The molecule has 1 atom stereocenters. The van der Waals surface area contributed by atoms with Crippen LogP contribution in [0.25, 0.3) is 0 Å². The van der Waals surface area contributed by atoms with Gasteiger partial charge in [0, 0.05) is 0 Å². The number of halogens is 3. The molecular formula is C24H29F3NO4P. The summed E-state index contributed by atoms with van der Waals surface area (Å²) < 4.78 is 61.6. The van der Waals surface area contributed by atoms with Gasteiger partial charge >= 0.3 is 14.9 Å². The molecule has 1 aliphatic rings. The first-order chi connectivity index (χ1) is 15.7.